The lowest BCUT2D eigenvalue weighted by molar-refractivity contribution is -0.384. The number of nitrogens with one attached hydrogen (secondary N) is 1. The maximum absolute atomic E-state index is 12.7. The van der Waals surface area contributed by atoms with Crippen LogP contribution in [-0.2, 0) is 4.79 Å². The molecule has 1 amide bonds. The Morgan fingerprint density at radius 3 is 2.57 bits per heavy atom. The van der Waals surface area contributed by atoms with E-state index in [1.54, 1.807) is 33.5 Å². The van der Waals surface area contributed by atoms with Crippen molar-refractivity contribution in [2.75, 3.05) is 19.5 Å². The lowest BCUT2D eigenvalue weighted by Gasteiger charge is -2.13. The minimum atomic E-state index is -0.509. The molecule has 0 fully saturated rings. The molecule has 0 saturated carbocycles. The lowest BCUT2D eigenvalue weighted by Crippen LogP contribution is -2.09. The molecule has 8 heteroatoms. The molecule has 1 heterocycles. The number of furan rings is 1. The molecule has 4 rings (SSSR count). The summed E-state index contributed by atoms with van der Waals surface area (Å²) in [7, 11) is 3.19. The summed E-state index contributed by atoms with van der Waals surface area (Å²) in [4.78, 5) is 23.2. The summed E-state index contributed by atoms with van der Waals surface area (Å²) >= 11 is 0. The van der Waals surface area contributed by atoms with Crippen LogP contribution >= 0.6 is 0 Å². The number of hydrogen-bond donors (Lipinski definition) is 1. The zero-order chi connectivity index (χ0) is 25.1. The van der Waals surface area contributed by atoms with Gasteiger partial charge in [0.05, 0.1) is 25.4 Å². The molecule has 0 radical (unpaired) electrons. The third-order valence-corrected chi connectivity index (χ3v) is 5.73. The fourth-order valence-electron chi connectivity index (χ4n) is 4.04. The van der Waals surface area contributed by atoms with Gasteiger partial charge in [0, 0.05) is 46.0 Å². The Balaban J connectivity index is 1.74. The van der Waals surface area contributed by atoms with E-state index < -0.39 is 10.8 Å². The summed E-state index contributed by atoms with van der Waals surface area (Å²) in [6, 6.07) is 15.4. The normalized spacial score (nSPS) is 11.4. The van der Waals surface area contributed by atoms with Gasteiger partial charge in [-0.2, -0.15) is 0 Å². The zero-order valence-corrected chi connectivity index (χ0v) is 19.7. The van der Waals surface area contributed by atoms with Gasteiger partial charge in [0.25, 0.3) is 5.69 Å². The highest BCUT2D eigenvalue weighted by Crippen LogP contribution is 2.41. The number of benzene rings is 3. The second-order valence-electron chi connectivity index (χ2n) is 7.96. The fourth-order valence-corrected chi connectivity index (χ4v) is 4.04. The molecule has 0 atom stereocenters. The van der Waals surface area contributed by atoms with Crippen LogP contribution in [-0.4, -0.2) is 25.1 Å². The van der Waals surface area contributed by atoms with Gasteiger partial charge >= 0.3 is 0 Å². The van der Waals surface area contributed by atoms with E-state index >= 15 is 0 Å². The SMILES string of the molecule is COc1cccc(-c2coc3c(C)c(OC)c(/C(C)=C/C(=O)Nc4cccc([N+](=O)[O-])c4)cc23)c1. The van der Waals surface area contributed by atoms with Crippen LogP contribution in [0.15, 0.2) is 71.4 Å². The third-order valence-electron chi connectivity index (χ3n) is 5.73. The van der Waals surface area contributed by atoms with Crippen LogP contribution in [0.2, 0.25) is 0 Å². The van der Waals surface area contributed by atoms with Gasteiger partial charge in [0.15, 0.2) is 0 Å². The van der Waals surface area contributed by atoms with Crippen molar-refractivity contribution in [2.45, 2.75) is 13.8 Å². The van der Waals surface area contributed by atoms with Gasteiger partial charge in [0.2, 0.25) is 5.91 Å². The van der Waals surface area contributed by atoms with Crippen LogP contribution in [0.1, 0.15) is 18.1 Å². The van der Waals surface area contributed by atoms with Gasteiger partial charge in [-0.25, -0.2) is 0 Å². The number of aryl methyl sites for hydroxylation is 1. The molecule has 35 heavy (non-hydrogen) atoms. The van der Waals surface area contributed by atoms with Crippen molar-refractivity contribution in [3.8, 4) is 22.6 Å². The molecular weight excluding hydrogens is 448 g/mol. The second-order valence-corrected chi connectivity index (χ2v) is 7.96. The highest BCUT2D eigenvalue weighted by molar-refractivity contribution is 6.06. The molecule has 3 aromatic carbocycles. The molecule has 8 nitrogen and oxygen atoms in total. The number of non-ortho nitro benzene ring substituents is 1. The number of hydrogen-bond acceptors (Lipinski definition) is 6. The van der Waals surface area contributed by atoms with Crippen molar-refractivity contribution in [1.82, 2.24) is 0 Å². The molecule has 4 aromatic rings. The van der Waals surface area contributed by atoms with Crippen LogP contribution in [0.5, 0.6) is 11.5 Å². The van der Waals surface area contributed by atoms with Gasteiger partial charge in [-0.3, -0.25) is 14.9 Å². The monoisotopic (exact) mass is 472 g/mol. The highest BCUT2D eigenvalue weighted by Gasteiger charge is 2.19. The van der Waals surface area contributed by atoms with Crippen molar-refractivity contribution in [2.24, 2.45) is 0 Å². The van der Waals surface area contributed by atoms with E-state index in [1.807, 2.05) is 37.3 Å². The molecule has 178 valence electrons. The Labute approximate surface area is 201 Å². The van der Waals surface area contributed by atoms with Crippen LogP contribution in [0, 0.1) is 17.0 Å². The smallest absolute Gasteiger partial charge is 0.271 e. The molecule has 0 aliphatic rings. The van der Waals surface area contributed by atoms with E-state index in [1.165, 1.54) is 24.3 Å². The number of nitro benzene ring substituents is 1. The van der Waals surface area contributed by atoms with Crippen molar-refractivity contribution in [3.63, 3.8) is 0 Å². The number of amides is 1. The Bertz CT molecular complexity index is 1470. The number of carbonyl (C=O) groups excluding carboxylic acids is 1. The number of fused-ring (bicyclic) bond motifs is 1. The second kappa shape index (κ2) is 9.72. The van der Waals surface area contributed by atoms with Gasteiger partial charge in [-0.15, -0.1) is 0 Å². The van der Waals surface area contributed by atoms with Gasteiger partial charge < -0.3 is 19.2 Å². The molecule has 0 saturated heterocycles. The number of nitrogens with zero attached hydrogens (tertiary/aromatic N) is 1. The molecule has 0 unspecified atom stereocenters. The van der Waals surface area contributed by atoms with E-state index in [-0.39, 0.29) is 5.69 Å². The van der Waals surface area contributed by atoms with Crippen molar-refractivity contribution >= 4 is 33.8 Å². The molecular formula is C27H24N2O6. The standard InChI is InChI=1S/C27H24N2O6/c1-16(11-25(30)28-19-8-6-9-20(13-19)29(31)32)22-14-23-24(18-7-5-10-21(12-18)33-3)15-35-27(23)17(2)26(22)34-4/h5-15H,1-4H3,(H,28,30)/b16-11+. The highest BCUT2D eigenvalue weighted by atomic mass is 16.6. The Hall–Kier alpha value is -4.59. The van der Waals surface area contributed by atoms with Crippen LogP contribution < -0.4 is 14.8 Å². The average molecular weight is 472 g/mol. The lowest BCUT2D eigenvalue weighted by atomic mass is 9.96. The summed E-state index contributed by atoms with van der Waals surface area (Å²) in [5.74, 6) is 0.917. The summed E-state index contributed by atoms with van der Waals surface area (Å²) in [5.41, 5.74) is 4.95. The molecule has 1 N–H and O–H groups in total. The molecule has 0 aliphatic heterocycles. The summed E-state index contributed by atoms with van der Waals surface area (Å²) in [5, 5.41) is 14.6. The number of anilines is 1. The van der Waals surface area contributed by atoms with Crippen LogP contribution in [0.4, 0.5) is 11.4 Å². The molecule has 1 aromatic heterocycles. The topological polar surface area (TPSA) is 104 Å². The largest absolute Gasteiger partial charge is 0.497 e. The van der Waals surface area contributed by atoms with Crippen molar-refractivity contribution in [3.05, 3.63) is 88.2 Å². The Morgan fingerprint density at radius 1 is 1.09 bits per heavy atom. The third kappa shape index (κ3) is 4.72. The van der Waals surface area contributed by atoms with E-state index in [0.29, 0.717) is 22.6 Å². The minimum Gasteiger partial charge on any atom is -0.497 e. The summed E-state index contributed by atoms with van der Waals surface area (Å²) in [6.45, 7) is 3.71. The van der Waals surface area contributed by atoms with Crippen LogP contribution in [0.25, 0.3) is 27.7 Å². The predicted octanol–water partition coefficient (Wildman–Crippen LogP) is 6.38. The first kappa shape index (κ1) is 23.6. The first-order chi connectivity index (χ1) is 16.8. The van der Waals surface area contributed by atoms with E-state index in [4.69, 9.17) is 13.9 Å². The maximum atomic E-state index is 12.7. The molecule has 0 spiro atoms. The van der Waals surface area contributed by atoms with E-state index in [9.17, 15) is 14.9 Å². The molecule has 0 aliphatic carbocycles. The Morgan fingerprint density at radius 2 is 1.86 bits per heavy atom. The molecule has 0 bridgehead atoms. The number of rotatable bonds is 7. The predicted molar refractivity (Wildman–Crippen MR) is 135 cm³/mol. The van der Waals surface area contributed by atoms with Crippen molar-refractivity contribution < 1.29 is 23.6 Å². The first-order valence-electron chi connectivity index (χ1n) is 10.8. The van der Waals surface area contributed by atoms with Crippen LogP contribution in [0.3, 0.4) is 0 Å². The number of allylic oxidation sites excluding steroid dienone is 1. The fraction of sp³-hybridized carbons (Fsp3) is 0.148. The average Bonchev–Trinajstić information content (AvgIpc) is 3.28. The summed E-state index contributed by atoms with van der Waals surface area (Å²) in [6.07, 6.45) is 3.14. The minimum absolute atomic E-state index is 0.101. The Kier molecular flexibility index (Phi) is 6.55. The van der Waals surface area contributed by atoms with E-state index in [2.05, 4.69) is 5.32 Å². The number of carbonyl (C=O) groups is 1. The van der Waals surface area contributed by atoms with Gasteiger partial charge in [-0.05, 0) is 49.2 Å². The number of nitro groups is 1. The van der Waals surface area contributed by atoms with Gasteiger partial charge in [-0.1, -0.05) is 18.2 Å². The zero-order valence-electron chi connectivity index (χ0n) is 19.7. The van der Waals surface area contributed by atoms with E-state index in [0.717, 1.165) is 33.4 Å². The number of methoxy groups -OCH3 is 2. The maximum Gasteiger partial charge on any atom is 0.271 e. The number of ether oxygens (including phenoxy) is 2. The summed E-state index contributed by atoms with van der Waals surface area (Å²) < 4.78 is 16.9. The van der Waals surface area contributed by atoms with Gasteiger partial charge in [0.1, 0.15) is 17.1 Å². The van der Waals surface area contributed by atoms with Crippen molar-refractivity contribution in [1.29, 1.82) is 0 Å². The quantitative estimate of drug-likeness (QED) is 0.190. The first-order valence-corrected chi connectivity index (χ1v) is 10.8.